The van der Waals surface area contributed by atoms with Gasteiger partial charge in [0.1, 0.15) is 9.88 Å². The van der Waals surface area contributed by atoms with Crippen molar-refractivity contribution in [2.45, 2.75) is 6.92 Å². The number of amides is 1. The first-order valence-electron chi connectivity index (χ1n) is 7.76. The van der Waals surface area contributed by atoms with Crippen LogP contribution in [-0.4, -0.2) is 25.8 Å². The van der Waals surface area contributed by atoms with E-state index < -0.39 is 0 Å². The lowest BCUT2D eigenvalue weighted by Gasteiger charge is -1.99. The predicted octanol–water partition coefficient (Wildman–Crippen LogP) is 4.28. The van der Waals surface area contributed by atoms with E-state index in [2.05, 4.69) is 25.3 Å². The predicted molar refractivity (Wildman–Crippen MR) is 103 cm³/mol. The molecule has 0 saturated carbocycles. The summed E-state index contributed by atoms with van der Waals surface area (Å²) in [4.78, 5) is 30.2. The van der Waals surface area contributed by atoms with Crippen LogP contribution in [0.4, 0.5) is 5.13 Å². The molecule has 0 aliphatic rings. The van der Waals surface area contributed by atoms with Gasteiger partial charge < -0.3 is 0 Å². The summed E-state index contributed by atoms with van der Waals surface area (Å²) in [6.07, 6.45) is 6.85. The van der Waals surface area contributed by atoms with E-state index in [0.717, 1.165) is 21.8 Å². The van der Waals surface area contributed by atoms with Crippen LogP contribution in [0.1, 0.15) is 15.4 Å². The molecule has 1 amide bonds. The number of rotatable bonds is 4. The molecule has 4 rings (SSSR count). The zero-order chi connectivity index (χ0) is 17.9. The first-order valence-corrected chi connectivity index (χ1v) is 9.45. The van der Waals surface area contributed by atoms with Crippen molar-refractivity contribution in [1.29, 1.82) is 0 Å². The first-order chi connectivity index (χ1) is 12.7. The van der Waals surface area contributed by atoms with E-state index in [1.54, 1.807) is 24.8 Å². The Morgan fingerprint density at radius 2 is 1.62 bits per heavy atom. The Bertz CT molecular complexity index is 1040. The monoisotopic (exact) mass is 379 g/mol. The highest BCUT2D eigenvalue weighted by atomic mass is 32.1. The second-order valence-electron chi connectivity index (χ2n) is 5.40. The number of hydrogen-bond acceptors (Lipinski definition) is 7. The lowest BCUT2D eigenvalue weighted by Crippen LogP contribution is -2.11. The molecule has 0 bridgehead atoms. The molecule has 1 N–H and O–H groups in total. The van der Waals surface area contributed by atoms with E-state index in [0.29, 0.717) is 15.7 Å². The fourth-order valence-corrected chi connectivity index (χ4v) is 4.05. The maximum atomic E-state index is 12.6. The third-order valence-corrected chi connectivity index (χ3v) is 5.59. The van der Waals surface area contributed by atoms with Gasteiger partial charge in [0.2, 0.25) is 0 Å². The second-order valence-corrected chi connectivity index (χ2v) is 7.25. The van der Waals surface area contributed by atoms with Gasteiger partial charge in [-0.3, -0.25) is 20.1 Å². The Morgan fingerprint density at radius 3 is 2.31 bits per heavy atom. The zero-order valence-corrected chi connectivity index (χ0v) is 15.3. The molecule has 4 aromatic rings. The van der Waals surface area contributed by atoms with Gasteiger partial charge in [0.25, 0.3) is 5.91 Å². The highest BCUT2D eigenvalue weighted by Crippen LogP contribution is 2.29. The molecule has 128 valence electrons. The molecule has 0 atom stereocenters. The fourth-order valence-electron chi connectivity index (χ4n) is 2.37. The first kappa shape index (κ1) is 16.5. The minimum atomic E-state index is -0.198. The minimum absolute atomic E-state index is 0.198. The number of hydrogen-bond donors (Lipinski definition) is 1. The van der Waals surface area contributed by atoms with Crippen LogP contribution in [0, 0.1) is 6.92 Å². The Balaban J connectivity index is 1.54. The van der Waals surface area contributed by atoms with E-state index in [-0.39, 0.29) is 5.91 Å². The molecule has 0 radical (unpaired) electrons. The SMILES string of the molecule is Cc1nc(-c2ccncc2)sc1C(=O)Nc1nc(-c2ccncc2)cs1. The van der Waals surface area contributed by atoms with Gasteiger partial charge >= 0.3 is 0 Å². The van der Waals surface area contributed by atoms with Crippen LogP contribution < -0.4 is 5.32 Å². The van der Waals surface area contributed by atoms with Crippen LogP contribution in [0.2, 0.25) is 0 Å². The molecule has 0 aliphatic heterocycles. The molecule has 0 fully saturated rings. The summed E-state index contributed by atoms with van der Waals surface area (Å²) in [5, 5.41) is 6.13. The average molecular weight is 379 g/mol. The lowest BCUT2D eigenvalue weighted by atomic mass is 10.2. The van der Waals surface area contributed by atoms with Gasteiger partial charge in [-0.05, 0) is 31.2 Å². The Hall–Kier alpha value is -2.97. The highest BCUT2D eigenvalue weighted by molar-refractivity contribution is 7.17. The van der Waals surface area contributed by atoms with Crippen molar-refractivity contribution < 1.29 is 4.79 Å². The quantitative estimate of drug-likeness (QED) is 0.572. The second kappa shape index (κ2) is 7.11. The molecule has 0 unspecified atom stereocenters. The molecular weight excluding hydrogens is 366 g/mol. The Kier molecular flexibility index (Phi) is 4.51. The van der Waals surface area contributed by atoms with Gasteiger partial charge in [-0.2, -0.15) is 0 Å². The van der Waals surface area contributed by atoms with Crippen molar-refractivity contribution in [3.63, 3.8) is 0 Å². The van der Waals surface area contributed by atoms with Crippen molar-refractivity contribution in [2.24, 2.45) is 0 Å². The summed E-state index contributed by atoms with van der Waals surface area (Å²) < 4.78 is 0. The lowest BCUT2D eigenvalue weighted by molar-refractivity contribution is 0.103. The molecule has 0 saturated heterocycles. The van der Waals surface area contributed by atoms with Crippen LogP contribution in [0.15, 0.2) is 54.4 Å². The van der Waals surface area contributed by atoms with Crippen molar-refractivity contribution in [3.05, 3.63) is 65.0 Å². The average Bonchev–Trinajstić information content (AvgIpc) is 3.30. The number of carbonyl (C=O) groups excluding carboxylic acids is 1. The van der Waals surface area contributed by atoms with Crippen molar-refractivity contribution in [3.8, 4) is 21.8 Å². The molecule has 4 heterocycles. The van der Waals surface area contributed by atoms with Crippen molar-refractivity contribution >= 4 is 33.7 Å². The van der Waals surface area contributed by atoms with Crippen LogP contribution >= 0.6 is 22.7 Å². The summed E-state index contributed by atoms with van der Waals surface area (Å²) in [6.45, 7) is 1.83. The van der Waals surface area contributed by atoms with Gasteiger partial charge in [-0.25, -0.2) is 9.97 Å². The highest BCUT2D eigenvalue weighted by Gasteiger charge is 2.17. The number of aryl methyl sites for hydroxylation is 1. The van der Waals surface area contributed by atoms with E-state index in [9.17, 15) is 4.79 Å². The van der Waals surface area contributed by atoms with Gasteiger partial charge in [-0.15, -0.1) is 22.7 Å². The largest absolute Gasteiger partial charge is 0.297 e. The van der Waals surface area contributed by atoms with Crippen molar-refractivity contribution in [1.82, 2.24) is 19.9 Å². The summed E-state index contributed by atoms with van der Waals surface area (Å²) in [7, 11) is 0. The van der Waals surface area contributed by atoms with Crippen molar-refractivity contribution in [2.75, 3.05) is 5.32 Å². The zero-order valence-electron chi connectivity index (χ0n) is 13.7. The number of nitrogens with one attached hydrogen (secondary N) is 1. The van der Waals surface area contributed by atoms with Crippen LogP contribution in [0.5, 0.6) is 0 Å². The van der Waals surface area contributed by atoms with E-state index in [4.69, 9.17) is 0 Å². The van der Waals surface area contributed by atoms with Crippen LogP contribution in [-0.2, 0) is 0 Å². The Morgan fingerprint density at radius 1 is 0.962 bits per heavy atom. The molecule has 6 nitrogen and oxygen atoms in total. The molecule has 0 aliphatic carbocycles. The summed E-state index contributed by atoms with van der Waals surface area (Å²) in [5.74, 6) is -0.198. The minimum Gasteiger partial charge on any atom is -0.297 e. The maximum absolute atomic E-state index is 12.6. The van der Waals surface area contributed by atoms with E-state index >= 15 is 0 Å². The van der Waals surface area contributed by atoms with Gasteiger partial charge in [0.15, 0.2) is 5.13 Å². The maximum Gasteiger partial charge on any atom is 0.269 e. The number of pyridine rings is 2. The fraction of sp³-hybridized carbons (Fsp3) is 0.0556. The summed E-state index contributed by atoms with van der Waals surface area (Å²) in [5.41, 5.74) is 3.42. The van der Waals surface area contributed by atoms with Gasteiger partial charge in [0, 0.05) is 41.3 Å². The number of carbonyl (C=O) groups is 1. The molecule has 8 heteroatoms. The van der Waals surface area contributed by atoms with Gasteiger partial charge in [-0.1, -0.05) is 0 Å². The molecule has 0 spiro atoms. The molecule has 4 aromatic heterocycles. The van der Waals surface area contributed by atoms with Crippen LogP contribution in [0.3, 0.4) is 0 Å². The molecular formula is C18H13N5OS2. The third kappa shape index (κ3) is 3.37. The molecule has 0 aromatic carbocycles. The summed E-state index contributed by atoms with van der Waals surface area (Å²) >= 11 is 2.75. The van der Waals surface area contributed by atoms with Crippen LogP contribution in [0.25, 0.3) is 21.8 Å². The topological polar surface area (TPSA) is 80.7 Å². The van der Waals surface area contributed by atoms with E-state index in [1.165, 1.54) is 22.7 Å². The van der Waals surface area contributed by atoms with E-state index in [1.807, 2.05) is 36.6 Å². The standard InChI is InChI=1S/C18H13N5OS2/c1-11-15(26-17(21-11)13-4-8-20-9-5-13)16(24)23-18-22-14(10-25-18)12-2-6-19-7-3-12/h2-10H,1H3,(H,22,23,24). The van der Waals surface area contributed by atoms with Gasteiger partial charge in [0.05, 0.1) is 11.4 Å². The number of thiazole rings is 2. The number of nitrogens with zero attached hydrogens (tertiary/aromatic N) is 4. The third-order valence-electron chi connectivity index (χ3n) is 3.63. The summed E-state index contributed by atoms with van der Waals surface area (Å²) in [6, 6.07) is 7.52. The number of anilines is 1. The Labute approximate surface area is 157 Å². The smallest absolute Gasteiger partial charge is 0.269 e. The number of aromatic nitrogens is 4. The molecule has 26 heavy (non-hydrogen) atoms. The normalized spacial score (nSPS) is 10.7.